The van der Waals surface area contributed by atoms with E-state index in [-0.39, 0.29) is 23.4 Å². The van der Waals surface area contributed by atoms with Crippen LogP contribution < -0.4 is 23.8 Å². The van der Waals surface area contributed by atoms with Crippen molar-refractivity contribution in [3.05, 3.63) is 88.1 Å². The number of alkyl halides is 6. The van der Waals surface area contributed by atoms with Crippen LogP contribution in [0.1, 0.15) is 64.4 Å². The van der Waals surface area contributed by atoms with Crippen LogP contribution in [0.4, 0.5) is 32.0 Å². The van der Waals surface area contributed by atoms with Crippen molar-refractivity contribution in [1.29, 1.82) is 0 Å². The van der Waals surface area contributed by atoms with Crippen LogP contribution in [0.3, 0.4) is 0 Å². The van der Waals surface area contributed by atoms with Gasteiger partial charge in [0.25, 0.3) is 5.91 Å². The molecule has 17 heteroatoms. The maximum Gasteiger partial charge on any atom is 0.422 e. The normalized spacial score (nSPS) is 14.9. The maximum atomic E-state index is 13.8. The first kappa shape index (κ1) is 40.1. The van der Waals surface area contributed by atoms with Crippen molar-refractivity contribution in [3.8, 4) is 17.2 Å². The summed E-state index contributed by atoms with van der Waals surface area (Å²) < 4.78 is 117. The molecule has 0 saturated heterocycles. The number of carbonyl (C=O) groups excluding carboxylic acids is 2. The number of aryl methyl sites for hydroxylation is 2. The number of carbonyl (C=O) groups is 2. The first-order valence-corrected chi connectivity index (χ1v) is 18.2. The van der Waals surface area contributed by atoms with Gasteiger partial charge in [-0.1, -0.05) is 31.2 Å². The largest absolute Gasteiger partial charge is 0.496 e. The summed E-state index contributed by atoms with van der Waals surface area (Å²) in [5.41, 5.74) is 2.05. The number of pyridine rings is 1. The van der Waals surface area contributed by atoms with Crippen LogP contribution in [0.5, 0.6) is 17.2 Å². The van der Waals surface area contributed by atoms with Gasteiger partial charge in [0.05, 0.1) is 43.1 Å². The van der Waals surface area contributed by atoms with Crippen LogP contribution in [0.2, 0.25) is 0 Å². The van der Waals surface area contributed by atoms with Gasteiger partial charge in [0.1, 0.15) is 17.0 Å². The van der Waals surface area contributed by atoms with E-state index in [0.717, 1.165) is 6.92 Å². The van der Waals surface area contributed by atoms with E-state index in [0.29, 0.717) is 63.2 Å². The fourth-order valence-electron chi connectivity index (χ4n) is 6.46. The second-order valence-corrected chi connectivity index (χ2v) is 14.6. The molecule has 2 aliphatic rings. The second kappa shape index (κ2) is 15.0. The lowest BCUT2D eigenvalue weighted by Gasteiger charge is -2.21. The van der Waals surface area contributed by atoms with E-state index < -0.39 is 58.4 Å². The summed E-state index contributed by atoms with van der Waals surface area (Å²) in [6.07, 6.45) is -7.01. The van der Waals surface area contributed by atoms with E-state index in [1.807, 2.05) is 0 Å². The van der Waals surface area contributed by atoms with Gasteiger partial charge in [-0.25, -0.2) is 8.42 Å². The highest BCUT2D eigenvalue weighted by molar-refractivity contribution is 7.89. The Morgan fingerprint density at radius 1 is 0.963 bits per heavy atom. The Morgan fingerprint density at radius 2 is 1.59 bits per heavy atom. The van der Waals surface area contributed by atoms with E-state index >= 15 is 0 Å². The third kappa shape index (κ3) is 8.35. The van der Waals surface area contributed by atoms with Crippen molar-refractivity contribution in [2.75, 3.05) is 25.7 Å². The third-order valence-electron chi connectivity index (χ3n) is 9.18. The van der Waals surface area contributed by atoms with Crippen molar-refractivity contribution in [1.82, 2.24) is 9.71 Å². The summed E-state index contributed by atoms with van der Waals surface area (Å²) >= 11 is 0. The highest BCUT2D eigenvalue weighted by Crippen LogP contribution is 2.55. The molecule has 0 spiro atoms. The molecule has 4 aromatic rings. The first-order chi connectivity index (χ1) is 25.3. The van der Waals surface area contributed by atoms with Crippen molar-refractivity contribution in [2.45, 2.75) is 70.1 Å². The number of methoxy groups -OCH3 is 2. The Labute approximate surface area is 307 Å². The number of sulfonamides is 1. The Kier molecular flexibility index (Phi) is 11.1. The molecule has 1 saturated carbocycles. The number of amides is 2. The lowest BCUT2D eigenvalue weighted by atomic mass is 9.93. The number of aromatic nitrogens is 1. The topological polar surface area (TPSA) is 124 Å². The van der Waals surface area contributed by atoms with Gasteiger partial charge in [-0.05, 0) is 67.6 Å². The second-order valence-electron chi connectivity index (χ2n) is 12.9. The average molecular weight is 782 g/mol. The molecule has 3 aromatic carbocycles. The quantitative estimate of drug-likeness (QED) is 0.163. The Bertz CT molecular complexity index is 2180. The van der Waals surface area contributed by atoms with Crippen LogP contribution in [0, 0.1) is 13.8 Å². The molecule has 1 aliphatic heterocycles. The Balaban J connectivity index is 0.000000864. The van der Waals surface area contributed by atoms with Crippen LogP contribution in [-0.2, 0) is 32.5 Å². The summed E-state index contributed by atoms with van der Waals surface area (Å²) in [6.45, 7) is 2.87. The SMILES string of the molecule is CCC(F)(F)F.COc1cccc(OC)c1C1(C(=O)NS(=O)(=O)Cc2ccc(N3Cc4c(c(C)c5cccnc5c4OCC(F)(F)F)C3=O)c(C)c2)CC1. The van der Waals surface area contributed by atoms with Crippen molar-refractivity contribution >= 4 is 38.4 Å². The van der Waals surface area contributed by atoms with Gasteiger partial charge in [-0.2, -0.15) is 26.3 Å². The predicted molar refractivity (Wildman–Crippen MR) is 187 cm³/mol. The number of hydrogen-bond acceptors (Lipinski definition) is 8. The fraction of sp³-hybridized carbons (Fsp3) is 0.378. The van der Waals surface area contributed by atoms with Crippen LogP contribution in [-0.4, -0.2) is 58.4 Å². The third-order valence-corrected chi connectivity index (χ3v) is 10.4. The van der Waals surface area contributed by atoms with Crippen molar-refractivity contribution in [2.24, 2.45) is 0 Å². The van der Waals surface area contributed by atoms with Gasteiger partial charge in [-0.3, -0.25) is 19.3 Å². The molecule has 6 rings (SSSR count). The number of nitrogens with one attached hydrogen (secondary N) is 1. The van der Waals surface area contributed by atoms with Gasteiger partial charge < -0.3 is 19.1 Å². The summed E-state index contributed by atoms with van der Waals surface area (Å²) in [5, 5.41) is 0.500. The van der Waals surface area contributed by atoms with Crippen LogP contribution >= 0.6 is 0 Å². The van der Waals surface area contributed by atoms with E-state index in [2.05, 4.69) is 9.71 Å². The van der Waals surface area contributed by atoms with E-state index in [1.54, 1.807) is 56.3 Å². The number of halogens is 6. The summed E-state index contributed by atoms with van der Waals surface area (Å²) in [5.74, 6) is -0.888. The minimum atomic E-state index is -4.60. The van der Waals surface area contributed by atoms with E-state index in [9.17, 15) is 44.3 Å². The monoisotopic (exact) mass is 781 g/mol. The molecule has 1 fully saturated rings. The molecule has 1 aliphatic carbocycles. The van der Waals surface area contributed by atoms with E-state index in [1.165, 1.54) is 31.4 Å². The average Bonchev–Trinajstić information content (AvgIpc) is 3.84. The van der Waals surface area contributed by atoms with Crippen LogP contribution in [0.25, 0.3) is 10.9 Å². The number of fused-ring (bicyclic) bond motifs is 2. The molecule has 290 valence electrons. The highest BCUT2D eigenvalue weighted by Gasteiger charge is 2.55. The van der Waals surface area contributed by atoms with Crippen molar-refractivity contribution < 1.29 is 58.6 Å². The highest BCUT2D eigenvalue weighted by atomic mass is 32.2. The summed E-state index contributed by atoms with van der Waals surface area (Å²) in [7, 11) is -1.23. The van der Waals surface area contributed by atoms with Gasteiger partial charge >= 0.3 is 12.4 Å². The zero-order valence-corrected chi connectivity index (χ0v) is 30.7. The van der Waals surface area contributed by atoms with E-state index in [4.69, 9.17) is 14.2 Å². The molecule has 2 amide bonds. The smallest absolute Gasteiger partial charge is 0.422 e. The van der Waals surface area contributed by atoms with Gasteiger partial charge in [0.2, 0.25) is 15.9 Å². The number of hydrogen-bond donors (Lipinski definition) is 1. The molecular weight excluding hydrogens is 744 g/mol. The molecule has 0 unspecified atom stereocenters. The molecular formula is C37H37F6N3O7S. The minimum absolute atomic E-state index is 0.0717. The predicted octanol–water partition coefficient (Wildman–Crippen LogP) is 7.61. The molecule has 1 aromatic heterocycles. The number of rotatable bonds is 10. The number of ether oxygens (including phenoxy) is 3. The molecule has 0 radical (unpaired) electrons. The molecule has 2 heterocycles. The zero-order chi connectivity index (χ0) is 39.8. The minimum Gasteiger partial charge on any atom is -0.496 e. The lowest BCUT2D eigenvalue weighted by molar-refractivity contribution is -0.153. The number of anilines is 1. The fourth-order valence-corrected chi connectivity index (χ4v) is 7.63. The number of benzene rings is 3. The number of nitrogens with zero attached hydrogens (tertiary/aromatic N) is 2. The Morgan fingerprint density at radius 3 is 2.13 bits per heavy atom. The molecule has 1 N–H and O–H groups in total. The standard InChI is InChI=1S/C34H32F3N3O7S.C3H5F3/c1-19-15-21(17-48(43,44)39-32(42)33(12-13-33)28-25(45-3)8-5-9-26(28)46-4)10-11-24(19)40-16-23-27(31(40)41)20(2)22-7-6-14-38-29(22)30(23)47-18-34(35,36)37;1-2-3(4,5)6/h5-11,14-15H,12-13,16-18H2,1-4H3,(H,39,42);2H2,1H3. The van der Waals surface area contributed by atoms with Gasteiger partial charge in [0, 0.05) is 29.3 Å². The van der Waals surface area contributed by atoms with Gasteiger partial charge in [0.15, 0.2) is 12.4 Å². The maximum absolute atomic E-state index is 13.8. The summed E-state index contributed by atoms with van der Waals surface area (Å²) in [4.78, 5) is 32.9. The van der Waals surface area contributed by atoms with Gasteiger partial charge in [-0.15, -0.1) is 0 Å². The molecule has 0 atom stereocenters. The molecule has 10 nitrogen and oxygen atoms in total. The first-order valence-electron chi connectivity index (χ1n) is 16.6. The van der Waals surface area contributed by atoms with Crippen LogP contribution in [0.15, 0.2) is 54.7 Å². The zero-order valence-electron chi connectivity index (χ0n) is 29.9. The van der Waals surface area contributed by atoms with Crippen molar-refractivity contribution in [3.63, 3.8) is 0 Å². The Hall–Kier alpha value is -5.06. The molecule has 54 heavy (non-hydrogen) atoms. The summed E-state index contributed by atoms with van der Waals surface area (Å²) in [6, 6.07) is 13.1. The molecule has 0 bridgehead atoms. The lowest BCUT2D eigenvalue weighted by Crippen LogP contribution is -2.39.